The minimum Gasteiger partial charge on any atom is -0.493 e. The van der Waals surface area contributed by atoms with Crippen molar-refractivity contribution in [2.24, 2.45) is 0 Å². The molecule has 0 spiro atoms. The highest BCUT2D eigenvalue weighted by atomic mass is 16.5. The highest BCUT2D eigenvalue weighted by molar-refractivity contribution is 5.45. The molecule has 66 valence electrons. The molecule has 2 heteroatoms. The van der Waals surface area contributed by atoms with Crippen LogP contribution in [0.3, 0.4) is 0 Å². The molecule has 0 amide bonds. The lowest BCUT2D eigenvalue weighted by Gasteiger charge is -2.10. The van der Waals surface area contributed by atoms with Gasteiger partial charge in [-0.1, -0.05) is 12.1 Å². The molecule has 0 fully saturated rings. The van der Waals surface area contributed by atoms with E-state index in [2.05, 4.69) is 0 Å². The SMILES string of the molecule is CCOc1c(C)cccc1OC. The maximum atomic E-state index is 5.43. The van der Waals surface area contributed by atoms with Crippen LogP contribution < -0.4 is 9.47 Å². The van der Waals surface area contributed by atoms with E-state index in [9.17, 15) is 0 Å². The van der Waals surface area contributed by atoms with Gasteiger partial charge in [-0.05, 0) is 25.5 Å². The van der Waals surface area contributed by atoms with Crippen molar-refractivity contribution >= 4 is 0 Å². The Kier molecular flexibility index (Phi) is 2.97. The van der Waals surface area contributed by atoms with Crippen LogP contribution in [0.15, 0.2) is 18.2 Å². The smallest absolute Gasteiger partial charge is 0.164 e. The van der Waals surface area contributed by atoms with E-state index in [1.165, 1.54) is 0 Å². The first-order chi connectivity index (χ1) is 5.79. The monoisotopic (exact) mass is 166 g/mol. The van der Waals surface area contributed by atoms with E-state index in [4.69, 9.17) is 9.47 Å². The topological polar surface area (TPSA) is 18.5 Å². The second-order valence-electron chi connectivity index (χ2n) is 2.54. The molecule has 0 aliphatic carbocycles. The summed E-state index contributed by atoms with van der Waals surface area (Å²) in [6, 6.07) is 5.86. The molecule has 0 unspecified atom stereocenters. The van der Waals surface area contributed by atoms with Crippen LogP contribution in [0.4, 0.5) is 0 Å². The van der Waals surface area contributed by atoms with Crippen molar-refractivity contribution in [3.05, 3.63) is 23.8 Å². The van der Waals surface area contributed by atoms with Gasteiger partial charge in [-0.3, -0.25) is 0 Å². The average molecular weight is 166 g/mol. The average Bonchev–Trinajstić information content (AvgIpc) is 2.09. The highest BCUT2D eigenvalue weighted by Gasteiger charge is 2.04. The number of ether oxygens (including phenoxy) is 2. The molecule has 0 saturated heterocycles. The summed E-state index contributed by atoms with van der Waals surface area (Å²) in [4.78, 5) is 0. The molecule has 2 nitrogen and oxygen atoms in total. The summed E-state index contributed by atoms with van der Waals surface area (Å²) >= 11 is 0. The van der Waals surface area contributed by atoms with Gasteiger partial charge in [0.05, 0.1) is 13.7 Å². The summed E-state index contributed by atoms with van der Waals surface area (Å²) in [5, 5.41) is 0. The second-order valence-corrected chi connectivity index (χ2v) is 2.54. The first-order valence-corrected chi connectivity index (χ1v) is 4.06. The van der Waals surface area contributed by atoms with Crippen LogP contribution in [0.5, 0.6) is 11.5 Å². The molecule has 0 radical (unpaired) electrons. The lowest BCUT2D eigenvalue weighted by atomic mass is 10.2. The third-order valence-corrected chi connectivity index (χ3v) is 1.68. The number of hydrogen-bond donors (Lipinski definition) is 0. The Balaban J connectivity index is 3.02. The molecule has 0 saturated carbocycles. The third kappa shape index (κ3) is 1.70. The van der Waals surface area contributed by atoms with Gasteiger partial charge in [0.15, 0.2) is 11.5 Å². The maximum absolute atomic E-state index is 5.43. The van der Waals surface area contributed by atoms with Gasteiger partial charge >= 0.3 is 0 Å². The summed E-state index contributed by atoms with van der Waals surface area (Å²) in [5.74, 6) is 1.65. The van der Waals surface area contributed by atoms with Crippen LogP contribution in [0.1, 0.15) is 12.5 Å². The molecule has 0 aliphatic heterocycles. The normalized spacial score (nSPS) is 9.58. The van der Waals surface area contributed by atoms with E-state index in [-0.39, 0.29) is 0 Å². The maximum Gasteiger partial charge on any atom is 0.164 e. The summed E-state index contributed by atoms with van der Waals surface area (Å²) in [5.41, 5.74) is 1.11. The first kappa shape index (κ1) is 8.91. The standard InChI is InChI=1S/C10H14O2/c1-4-12-10-8(2)6-5-7-9(10)11-3/h5-7H,4H2,1-3H3. The van der Waals surface area contributed by atoms with Gasteiger partial charge in [-0.25, -0.2) is 0 Å². The predicted octanol–water partition coefficient (Wildman–Crippen LogP) is 2.40. The molecule has 0 aromatic heterocycles. The van der Waals surface area contributed by atoms with Gasteiger partial charge in [-0.15, -0.1) is 0 Å². The quantitative estimate of drug-likeness (QED) is 0.686. The van der Waals surface area contributed by atoms with Crippen LogP contribution in [0, 0.1) is 6.92 Å². The Labute approximate surface area is 73.1 Å². The fourth-order valence-corrected chi connectivity index (χ4v) is 1.12. The predicted molar refractivity (Wildman–Crippen MR) is 48.9 cm³/mol. The van der Waals surface area contributed by atoms with Crippen molar-refractivity contribution in [2.45, 2.75) is 13.8 Å². The number of aryl methyl sites for hydroxylation is 1. The third-order valence-electron chi connectivity index (χ3n) is 1.68. The Bertz CT molecular complexity index is 256. The van der Waals surface area contributed by atoms with Crippen LogP contribution in [-0.2, 0) is 0 Å². The van der Waals surface area contributed by atoms with Crippen molar-refractivity contribution in [1.29, 1.82) is 0 Å². The summed E-state index contributed by atoms with van der Waals surface area (Å²) in [6.07, 6.45) is 0. The van der Waals surface area contributed by atoms with Crippen LogP contribution >= 0.6 is 0 Å². The molecule has 12 heavy (non-hydrogen) atoms. The molecular weight excluding hydrogens is 152 g/mol. The Hall–Kier alpha value is -1.18. The van der Waals surface area contributed by atoms with Crippen molar-refractivity contribution in [1.82, 2.24) is 0 Å². The van der Waals surface area contributed by atoms with Crippen molar-refractivity contribution < 1.29 is 9.47 Å². The Morgan fingerprint density at radius 2 is 2.08 bits per heavy atom. The number of rotatable bonds is 3. The van der Waals surface area contributed by atoms with Crippen LogP contribution in [-0.4, -0.2) is 13.7 Å². The molecule has 1 aromatic rings. The van der Waals surface area contributed by atoms with E-state index >= 15 is 0 Å². The second kappa shape index (κ2) is 4.00. The zero-order chi connectivity index (χ0) is 8.97. The van der Waals surface area contributed by atoms with Gasteiger partial charge in [0, 0.05) is 0 Å². The first-order valence-electron chi connectivity index (χ1n) is 4.06. The minimum atomic E-state index is 0.668. The van der Waals surface area contributed by atoms with Gasteiger partial charge in [-0.2, -0.15) is 0 Å². The Morgan fingerprint density at radius 3 is 2.67 bits per heavy atom. The molecule has 0 aliphatic rings. The molecule has 0 heterocycles. The van der Waals surface area contributed by atoms with Crippen LogP contribution in [0.2, 0.25) is 0 Å². The molecule has 0 atom stereocenters. The van der Waals surface area contributed by atoms with Crippen molar-refractivity contribution in [2.75, 3.05) is 13.7 Å². The molecule has 0 bridgehead atoms. The fraction of sp³-hybridized carbons (Fsp3) is 0.400. The van der Waals surface area contributed by atoms with Gasteiger partial charge in [0.2, 0.25) is 0 Å². The van der Waals surface area contributed by atoms with Gasteiger partial charge in [0.25, 0.3) is 0 Å². The van der Waals surface area contributed by atoms with E-state index in [1.807, 2.05) is 32.0 Å². The van der Waals surface area contributed by atoms with Crippen LogP contribution in [0.25, 0.3) is 0 Å². The van der Waals surface area contributed by atoms with Gasteiger partial charge in [0.1, 0.15) is 0 Å². The zero-order valence-corrected chi connectivity index (χ0v) is 7.76. The van der Waals surface area contributed by atoms with E-state index in [1.54, 1.807) is 7.11 Å². The van der Waals surface area contributed by atoms with E-state index in [0.29, 0.717) is 6.61 Å². The van der Waals surface area contributed by atoms with Crippen molar-refractivity contribution in [3.63, 3.8) is 0 Å². The highest BCUT2D eigenvalue weighted by Crippen LogP contribution is 2.29. The molecule has 1 aromatic carbocycles. The summed E-state index contributed by atoms with van der Waals surface area (Å²) in [6.45, 7) is 4.64. The van der Waals surface area contributed by atoms with E-state index in [0.717, 1.165) is 17.1 Å². The molecular formula is C10H14O2. The van der Waals surface area contributed by atoms with Gasteiger partial charge < -0.3 is 9.47 Å². The van der Waals surface area contributed by atoms with Crippen molar-refractivity contribution in [3.8, 4) is 11.5 Å². The lowest BCUT2D eigenvalue weighted by Crippen LogP contribution is -1.96. The molecule has 1 rings (SSSR count). The minimum absolute atomic E-state index is 0.668. The molecule has 0 N–H and O–H groups in total. The zero-order valence-electron chi connectivity index (χ0n) is 7.76. The lowest BCUT2D eigenvalue weighted by molar-refractivity contribution is 0.309. The number of hydrogen-bond acceptors (Lipinski definition) is 2. The van der Waals surface area contributed by atoms with E-state index < -0.39 is 0 Å². The number of benzene rings is 1. The summed E-state index contributed by atoms with van der Waals surface area (Å²) < 4.78 is 10.6. The number of methoxy groups -OCH3 is 1. The summed E-state index contributed by atoms with van der Waals surface area (Å²) in [7, 11) is 1.65. The fourth-order valence-electron chi connectivity index (χ4n) is 1.12. The number of para-hydroxylation sites is 1. The largest absolute Gasteiger partial charge is 0.493 e. The Morgan fingerprint density at radius 1 is 1.33 bits per heavy atom.